The fraction of sp³-hybridized carbons (Fsp3) is 0.211. The summed E-state index contributed by atoms with van der Waals surface area (Å²) in [6.45, 7) is 3.22. The number of halogens is 9. The molecular weight excluding hydrogens is 815 g/mol. The van der Waals surface area contributed by atoms with Crippen LogP contribution in [-0.4, -0.2) is 58.7 Å². The molecule has 2 aromatic heterocycles. The largest absolute Gasteiger partial charge is 0.508 e. The van der Waals surface area contributed by atoms with Crippen molar-refractivity contribution in [1.29, 1.82) is 0 Å². The van der Waals surface area contributed by atoms with Crippen molar-refractivity contribution in [2.75, 3.05) is 0 Å². The van der Waals surface area contributed by atoms with Gasteiger partial charge in [0.1, 0.15) is 24.7 Å². The van der Waals surface area contributed by atoms with Gasteiger partial charge in [-0.05, 0) is 61.4 Å². The molecule has 4 aromatic carbocycles. The number of aromatic nitrogens is 2. The van der Waals surface area contributed by atoms with Gasteiger partial charge in [-0.1, -0.05) is 60.7 Å². The molecule has 0 aliphatic heterocycles. The van der Waals surface area contributed by atoms with Crippen LogP contribution >= 0.6 is 0 Å². The van der Waals surface area contributed by atoms with Crippen LogP contribution in [0.15, 0.2) is 97.1 Å². The molecule has 0 fully saturated rings. The minimum Gasteiger partial charge on any atom is -0.508 e. The minimum absolute atomic E-state index is 0.0922. The average molecular weight is 845 g/mol. The molecule has 2 heterocycles. The van der Waals surface area contributed by atoms with Gasteiger partial charge in [0.15, 0.2) is 0 Å². The van der Waals surface area contributed by atoms with E-state index in [1.54, 1.807) is 48.5 Å². The molecule has 10 nitrogen and oxygen atoms in total. The SMILES string of the molecule is Cc1[nH]c2ccc(O)cc2c1C(=O)OCc1ccccc1.Cc1[nH]c2ccc(OS(=O)(=O)C(F)(F)C(F)(F)C(F)(F)C(F)(F)F)cc2c1C(=O)OCc1ccccc1. The molecule has 0 aliphatic rings. The Kier molecular flexibility index (Phi) is 11.8. The van der Waals surface area contributed by atoms with Crippen molar-refractivity contribution < 1.29 is 76.3 Å². The van der Waals surface area contributed by atoms with Crippen LogP contribution in [0.2, 0.25) is 0 Å². The van der Waals surface area contributed by atoms with Gasteiger partial charge in [-0.2, -0.15) is 47.9 Å². The predicted molar refractivity (Wildman–Crippen MR) is 189 cm³/mol. The molecule has 0 radical (unpaired) electrons. The highest BCUT2D eigenvalue weighted by Gasteiger charge is 2.86. The Balaban J connectivity index is 0.000000256. The van der Waals surface area contributed by atoms with E-state index < -0.39 is 51.1 Å². The van der Waals surface area contributed by atoms with Gasteiger partial charge < -0.3 is 28.7 Å². The molecular formula is C38H29F9N2O8S. The summed E-state index contributed by atoms with van der Waals surface area (Å²) in [4.78, 5) is 30.7. The number of benzene rings is 4. The number of fused-ring (bicyclic) bond motifs is 2. The molecule has 0 aliphatic carbocycles. The fourth-order valence-electron chi connectivity index (χ4n) is 5.49. The maximum atomic E-state index is 14.0. The topological polar surface area (TPSA) is 148 Å². The summed E-state index contributed by atoms with van der Waals surface area (Å²) >= 11 is 0. The van der Waals surface area contributed by atoms with Crippen molar-refractivity contribution in [2.45, 2.75) is 50.3 Å². The molecule has 0 bridgehead atoms. The average Bonchev–Trinajstić information content (AvgIpc) is 3.67. The third-order valence-corrected chi connectivity index (χ3v) is 9.69. The fourth-order valence-corrected chi connectivity index (χ4v) is 6.39. The first-order valence-electron chi connectivity index (χ1n) is 16.5. The van der Waals surface area contributed by atoms with Crippen molar-refractivity contribution in [3.05, 3.63) is 131 Å². The highest BCUT2D eigenvalue weighted by Crippen LogP contribution is 2.55. The van der Waals surface area contributed by atoms with E-state index in [4.69, 9.17) is 9.47 Å². The first kappa shape index (κ1) is 43.0. The molecule has 0 atom stereocenters. The summed E-state index contributed by atoms with van der Waals surface area (Å²) in [6.07, 6.45) is -7.22. The molecule has 6 rings (SSSR count). The zero-order valence-corrected chi connectivity index (χ0v) is 30.6. The van der Waals surface area contributed by atoms with Gasteiger partial charge in [-0.25, -0.2) is 9.59 Å². The third-order valence-electron chi connectivity index (χ3n) is 8.40. The van der Waals surface area contributed by atoms with Gasteiger partial charge in [-0.15, -0.1) is 0 Å². The number of nitrogens with one attached hydrogen (secondary N) is 2. The lowest BCUT2D eigenvalue weighted by atomic mass is 10.1. The Morgan fingerprint density at radius 3 is 1.50 bits per heavy atom. The number of alkyl halides is 9. The van der Waals surface area contributed by atoms with Crippen LogP contribution in [-0.2, 0) is 32.8 Å². The maximum absolute atomic E-state index is 14.0. The van der Waals surface area contributed by atoms with Crippen molar-refractivity contribution in [2.24, 2.45) is 0 Å². The summed E-state index contributed by atoms with van der Waals surface area (Å²) < 4.78 is 156. The number of aromatic hydroxyl groups is 1. The van der Waals surface area contributed by atoms with E-state index in [2.05, 4.69) is 14.2 Å². The van der Waals surface area contributed by atoms with Crippen LogP contribution in [0.3, 0.4) is 0 Å². The Labute approximate surface area is 322 Å². The van der Waals surface area contributed by atoms with Crippen LogP contribution in [0.1, 0.15) is 43.2 Å². The van der Waals surface area contributed by atoms with Gasteiger partial charge >= 0.3 is 45.3 Å². The lowest BCUT2D eigenvalue weighted by molar-refractivity contribution is -0.382. The van der Waals surface area contributed by atoms with Crippen molar-refractivity contribution in [3.63, 3.8) is 0 Å². The van der Waals surface area contributed by atoms with E-state index >= 15 is 0 Å². The summed E-state index contributed by atoms with van der Waals surface area (Å²) in [6, 6.07) is 24.9. The van der Waals surface area contributed by atoms with Crippen LogP contribution in [0.25, 0.3) is 21.8 Å². The number of hydrogen-bond donors (Lipinski definition) is 3. The van der Waals surface area contributed by atoms with Gasteiger partial charge in [0.25, 0.3) is 0 Å². The van der Waals surface area contributed by atoms with Gasteiger partial charge in [0, 0.05) is 33.2 Å². The Bertz CT molecular complexity index is 2560. The molecule has 6 aromatic rings. The molecule has 0 saturated carbocycles. The zero-order chi connectivity index (χ0) is 42.8. The Morgan fingerprint density at radius 2 is 1.05 bits per heavy atom. The lowest BCUT2D eigenvalue weighted by Gasteiger charge is -2.32. The number of aryl methyl sites for hydroxylation is 2. The Hall–Kier alpha value is -6.18. The third kappa shape index (κ3) is 8.41. The van der Waals surface area contributed by atoms with E-state index in [-0.39, 0.29) is 41.1 Å². The monoisotopic (exact) mass is 844 g/mol. The van der Waals surface area contributed by atoms with Crippen molar-refractivity contribution >= 4 is 43.9 Å². The number of esters is 2. The summed E-state index contributed by atoms with van der Waals surface area (Å²) in [5, 5.41) is 3.02. The first-order valence-corrected chi connectivity index (χ1v) is 17.9. The molecule has 0 unspecified atom stereocenters. The van der Waals surface area contributed by atoms with Crippen LogP contribution in [0.5, 0.6) is 11.5 Å². The number of aromatic amines is 2. The molecule has 0 spiro atoms. The highest BCUT2D eigenvalue weighted by atomic mass is 32.2. The number of phenols is 1. The van der Waals surface area contributed by atoms with E-state index in [1.165, 1.54) is 6.92 Å². The van der Waals surface area contributed by atoms with Gasteiger partial charge in [0.05, 0.1) is 11.1 Å². The van der Waals surface area contributed by atoms with Gasteiger partial charge in [-0.3, -0.25) is 0 Å². The number of hydrogen-bond acceptors (Lipinski definition) is 8. The second kappa shape index (κ2) is 16.0. The number of carbonyl (C=O) groups excluding carboxylic acids is 2. The van der Waals surface area contributed by atoms with Gasteiger partial charge in [0.2, 0.25) is 0 Å². The summed E-state index contributed by atoms with van der Waals surface area (Å²) in [5.41, 5.74) is 3.52. The number of phenolic OH excluding ortho intramolecular Hbond substituents is 1. The number of carbonyl (C=O) groups is 2. The Morgan fingerprint density at radius 1 is 0.621 bits per heavy atom. The molecule has 0 amide bonds. The zero-order valence-electron chi connectivity index (χ0n) is 29.8. The summed E-state index contributed by atoms with van der Waals surface area (Å²) in [5.74, 6) is -17.3. The number of ether oxygens (including phenoxy) is 2. The van der Waals surface area contributed by atoms with E-state index in [0.29, 0.717) is 28.6 Å². The van der Waals surface area contributed by atoms with Crippen molar-refractivity contribution in [3.8, 4) is 11.5 Å². The second-order valence-corrected chi connectivity index (χ2v) is 14.1. The number of rotatable bonds is 11. The second-order valence-electron chi connectivity index (χ2n) is 12.5. The quantitative estimate of drug-likeness (QED) is 0.0664. The smallest absolute Gasteiger partial charge is 0.460 e. The summed E-state index contributed by atoms with van der Waals surface area (Å²) in [7, 11) is -7.14. The van der Waals surface area contributed by atoms with E-state index in [0.717, 1.165) is 22.8 Å². The van der Waals surface area contributed by atoms with E-state index in [1.807, 2.05) is 37.3 Å². The normalized spacial score (nSPS) is 12.5. The van der Waals surface area contributed by atoms with Crippen LogP contribution in [0, 0.1) is 13.8 Å². The van der Waals surface area contributed by atoms with Crippen molar-refractivity contribution in [1.82, 2.24) is 9.97 Å². The van der Waals surface area contributed by atoms with E-state index in [9.17, 15) is 62.6 Å². The molecule has 308 valence electrons. The van der Waals surface area contributed by atoms with Crippen LogP contribution in [0.4, 0.5) is 39.5 Å². The number of H-pyrrole nitrogens is 2. The maximum Gasteiger partial charge on any atom is 0.460 e. The van der Waals surface area contributed by atoms with Crippen LogP contribution < -0.4 is 4.18 Å². The molecule has 20 heteroatoms. The molecule has 3 N–H and O–H groups in total. The minimum atomic E-state index is -7.45. The lowest BCUT2D eigenvalue weighted by Crippen LogP contribution is -2.63. The molecule has 0 saturated heterocycles. The highest BCUT2D eigenvalue weighted by molar-refractivity contribution is 7.88. The first-order chi connectivity index (χ1) is 27.0. The molecule has 58 heavy (non-hydrogen) atoms. The predicted octanol–water partition coefficient (Wildman–Crippen LogP) is 9.51. The standard InChI is InChI=1S/C21H14F9NO5S.C17H15NO3/c1-11-16(17(32)35-10-12-5-3-2-4-6-12)14-9-13(7-8-15(14)31-11)36-37(33,34)21(29,30)19(24,25)18(22,23)20(26,27)28;1-11-16(14-9-13(19)7-8-15(14)18-11)17(20)21-10-12-5-3-2-4-6-12/h2-9,31H,10H2,1H3;2-9,18-19H,10H2,1H3.